The summed E-state index contributed by atoms with van der Waals surface area (Å²) in [6, 6.07) is 12.4. The van der Waals surface area contributed by atoms with Crippen molar-refractivity contribution in [1.29, 1.82) is 0 Å². The zero-order chi connectivity index (χ0) is 25.2. The van der Waals surface area contributed by atoms with Gasteiger partial charge in [0.15, 0.2) is 11.5 Å². The van der Waals surface area contributed by atoms with Crippen molar-refractivity contribution in [3.8, 4) is 17.2 Å². The van der Waals surface area contributed by atoms with Gasteiger partial charge in [0.2, 0.25) is 0 Å². The van der Waals surface area contributed by atoms with Crippen LogP contribution >= 0.6 is 0 Å². The van der Waals surface area contributed by atoms with Crippen LogP contribution in [-0.2, 0) is 32.7 Å². The van der Waals surface area contributed by atoms with E-state index in [0.717, 1.165) is 60.0 Å². The largest absolute Gasteiger partial charge is 0.496 e. The van der Waals surface area contributed by atoms with Crippen molar-refractivity contribution in [2.24, 2.45) is 0 Å². The summed E-state index contributed by atoms with van der Waals surface area (Å²) in [6.45, 7) is 8.15. The number of aromatic nitrogens is 1. The fraction of sp³-hybridized carbons (Fsp3) is 0.333. The lowest BCUT2D eigenvalue weighted by Crippen LogP contribution is -2.40. The number of nitrogens with zero attached hydrogens (tertiary/aromatic N) is 2. The number of hydrogen-bond donors (Lipinski definition) is 1. The minimum atomic E-state index is -0.0472. The van der Waals surface area contributed by atoms with Gasteiger partial charge < -0.3 is 23.9 Å². The smallest absolute Gasteiger partial charge is 0.162 e. The number of ether oxygens (including phenoxy) is 3. The van der Waals surface area contributed by atoms with Gasteiger partial charge in [-0.3, -0.25) is 4.90 Å². The van der Waals surface area contributed by atoms with Gasteiger partial charge in [-0.25, -0.2) is 0 Å². The summed E-state index contributed by atoms with van der Waals surface area (Å²) in [5.74, 6) is 2.30. The van der Waals surface area contributed by atoms with Gasteiger partial charge in [-0.05, 0) is 60.7 Å². The van der Waals surface area contributed by atoms with E-state index in [1.165, 1.54) is 22.4 Å². The Hall–Kier alpha value is -3.48. The third-order valence-electron chi connectivity index (χ3n) is 7.45. The fourth-order valence-corrected chi connectivity index (χ4v) is 5.73. The topological polar surface area (TPSA) is 56.1 Å². The molecule has 188 valence electrons. The highest BCUT2D eigenvalue weighted by molar-refractivity contribution is 5.68. The second kappa shape index (κ2) is 10.2. The molecule has 0 radical (unpaired) electrons. The minimum Gasteiger partial charge on any atom is -0.496 e. The number of para-hydroxylation sites is 1. The lowest BCUT2D eigenvalue weighted by atomic mass is 9.84. The molecule has 36 heavy (non-hydrogen) atoms. The molecule has 2 aliphatic rings. The van der Waals surface area contributed by atoms with Gasteiger partial charge in [0, 0.05) is 41.6 Å². The second-order valence-electron chi connectivity index (χ2n) is 9.24. The van der Waals surface area contributed by atoms with Gasteiger partial charge >= 0.3 is 0 Å². The molecular formula is C30H34N2O4. The molecule has 1 aromatic heterocycles. The lowest BCUT2D eigenvalue weighted by Gasteiger charge is -2.41. The molecule has 1 N–H and O–H groups in total. The molecule has 0 bridgehead atoms. The molecule has 6 nitrogen and oxygen atoms in total. The molecule has 0 saturated carbocycles. The van der Waals surface area contributed by atoms with E-state index in [0.29, 0.717) is 6.61 Å². The molecule has 0 spiro atoms. The number of rotatable bonds is 8. The van der Waals surface area contributed by atoms with Crippen LogP contribution < -0.4 is 14.2 Å². The van der Waals surface area contributed by atoms with Crippen molar-refractivity contribution in [1.82, 2.24) is 9.47 Å². The maximum absolute atomic E-state index is 10.2. The van der Waals surface area contributed by atoms with Crippen LogP contribution in [0.4, 0.5) is 0 Å². The number of methoxy groups -OCH3 is 2. The van der Waals surface area contributed by atoms with Crippen molar-refractivity contribution < 1.29 is 19.3 Å². The maximum Gasteiger partial charge on any atom is 0.162 e. The number of hydrogen-bond acceptors (Lipinski definition) is 5. The molecule has 5 rings (SSSR count). The van der Waals surface area contributed by atoms with Gasteiger partial charge in [0.05, 0.1) is 14.2 Å². The Bertz CT molecular complexity index is 1310. The monoisotopic (exact) mass is 486 g/mol. The summed E-state index contributed by atoms with van der Waals surface area (Å²) in [5, 5.41) is 10.2. The van der Waals surface area contributed by atoms with Crippen LogP contribution in [0.5, 0.6) is 17.2 Å². The standard InChI is InChI=1S/C30H34N2O4/c1-5-9-22-24-15-26-23-16-30(36-18-21-10-7-8-11-28(21)34-3)29(35-4)14-20(23)12-13-31(26)17-27(24)32(19-33)25(22)6-2/h5-11,14,16,26,33H,2,12-13,15,17-19H2,1,3-4H3/b9-5-. The number of fused-ring (bicyclic) bond motifs is 4. The van der Waals surface area contributed by atoms with Gasteiger partial charge in [-0.2, -0.15) is 0 Å². The first kappa shape index (κ1) is 24.2. The van der Waals surface area contributed by atoms with Crippen LogP contribution in [0.1, 0.15) is 52.2 Å². The van der Waals surface area contributed by atoms with E-state index in [9.17, 15) is 5.11 Å². The molecule has 0 amide bonds. The molecule has 1 unspecified atom stereocenters. The van der Waals surface area contributed by atoms with Crippen LogP contribution in [0, 0.1) is 0 Å². The SMILES string of the molecule is C=Cc1c(/C=C\C)c2c(n1CO)CN1CCc3cc(OC)c(OCc4ccccc4OC)cc3C1C2. The number of allylic oxidation sites excluding steroid dienone is 1. The molecule has 0 saturated heterocycles. The third-order valence-corrected chi connectivity index (χ3v) is 7.45. The van der Waals surface area contributed by atoms with Gasteiger partial charge in [0.25, 0.3) is 0 Å². The van der Waals surface area contributed by atoms with Crippen molar-refractivity contribution in [2.45, 2.75) is 45.7 Å². The summed E-state index contributed by atoms with van der Waals surface area (Å²) in [7, 11) is 3.37. The Labute approximate surface area is 213 Å². The number of benzene rings is 2. The predicted molar refractivity (Wildman–Crippen MR) is 142 cm³/mol. The quantitative estimate of drug-likeness (QED) is 0.464. The van der Waals surface area contributed by atoms with Crippen molar-refractivity contribution in [3.05, 3.63) is 88.3 Å². The summed E-state index contributed by atoms with van der Waals surface area (Å²) in [4.78, 5) is 2.51. The molecule has 2 aliphatic heterocycles. The maximum atomic E-state index is 10.2. The molecule has 0 fully saturated rings. The third kappa shape index (κ3) is 4.10. The summed E-state index contributed by atoms with van der Waals surface area (Å²) in [5.41, 5.74) is 8.19. The molecule has 3 heterocycles. The molecule has 3 aromatic rings. The Morgan fingerprint density at radius 3 is 2.64 bits per heavy atom. The minimum absolute atomic E-state index is 0.0472. The first-order chi connectivity index (χ1) is 17.6. The van der Waals surface area contributed by atoms with Crippen LogP contribution in [-0.4, -0.2) is 35.3 Å². The van der Waals surface area contributed by atoms with Crippen LogP contribution in [0.3, 0.4) is 0 Å². The lowest BCUT2D eigenvalue weighted by molar-refractivity contribution is 0.144. The normalized spacial score (nSPS) is 16.8. The highest BCUT2D eigenvalue weighted by atomic mass is 16.5. The summed E-state index contributed by atoms with van der Waals surface area (Å²) in [6.07, 6.45) is 7.86. The average Bonchev–Trinajstić information content (AvgIpc) is 3.21. The molecular weight excluding hydrogens is 452 g/mol. The van der Waals surface area contributed by atoms with E-state index in [-0.39, 0.29) is 12.8 Å². The van der Waals surface area contributed by atoms with Crippen molar-refractivity contribution in [2.75, 3.05) is 20.8 Å². The Balaban J connectivity index is 1.52. The zero-order valence-corrected chi connectivity index (χ0v) is 21.3. The van der Waals surface area contributed by atoms with Crippen molar-refractivity contribution in [3.63, 3.8) is 0 Å². The van der Waals surface area contributed by atoms with Gasteiger partial charge in [-0.1, -0.05) is 36.9 Å². The number of aliphatic hydroxyl groups is 1. The zero-order valence-electron chi connectivity index (χ0n) is 21.3. The highest BCUT2D eigenvalue weighted by Gasteiger charge is 2.36. The molecule has 0 aliphatic carbocycles. The summed E-state index contributed by atoms with van der Waals surface area (Å²) >= 11 is 0. The average molecular weight is 487 g/mol. The van der Waals surface area contributed by atoms with E-state index in [1.807, 2.05) is 41.8 Å². The van der Waals surface area contributed by atoms with Crippen LogP contribution in [0.15, 0.2) is 49.1 Å². The summed E-state index contributed by atoms with van der Waals surface area (Å²) < 4.78 is 19.5. The van der Waals surface area contributed by atoms with E-state index < -0.39 is 0 Å². The van der Waals surface area contributed by atoms with E-state index in [4.69, 9.17) is 14.2 Å². The predicted octanol–water partition coefficient (Wildman–Crippen LogP) is 5.37. The Morgan fingerprint density at radius 1 is 1.11 bits per heavy atom. The first-order valence-corrected chi connectivity index (χ1v) is 12.4. The first-order valence-electron chi connectivity index (χ1n) is 12.4. The highest BCUT2D eigenvalue weighted by Crippen LogP contribution is 2.44. The van der Waals surface area contributed by atoms with Gasteiger partial charge in [-0.15, -0.1) is 0 Å². The Kier molecular flexibility index (Phi) is 6.90. The van der Waals surface area contributed by atoms with Crippen LogP contribution in [0.25, 0.3) is 12.2 Å². The van der Waals surface area contributed by atoms with Crippen LogP contribution in [0.2, 0.25) is 0 Å². The van der Waals surface area contributed by atoms with Crippen molar-refractivity contribution >= 4 is 12.2 Å². The van der Waals surface area contributed by atoms with E-state index in [2.05, 4.69) is 35.8 Å². The van der Waals surface area contributed by atoms with E-state index in [1.54, 1.807) is 14.2 Å². The molecule has 6 heteroatoms. The van der Waals surface area contributed by atoms with Gasteiger partial charge in [0.1, 0.15) is 19.1 Å². The second-order valence-corrected chi connectivity index (χ2v) is 9.24. The molecule has 2 aromatic carbocycles. The van der Waals surface area contributed by atoms with E-state index >= 15 is 0 Å². The molecule has 1 atom stereocenters. The Morgan fingerprint density at radius 2 is 1.92 bits per heavy atom. The fourth-order valence-electron chi connectivity index (χ4n) is 5.73. The number of aliphatic hydroxyl groups excluding tert-OH is 1.